The summed E-state index contributed by atoms with van der Waals surface area (Å²) >= 11 is 3.43. The minimum Gasteiger partial charge on any atom is -0.313 e. The average Bonchev–Trinajstić information content (AvgIpc) is 3.23. The van der Waals surface area contributed by atoms with Crippen LogP contribution in [0.1, 0.15) is 18.4 Å². The van der Waals surface area contributed by atoms with Crippen LogP contribution in [0.5, 0.6) is 0 Å². The highest BCUT2D eigenvalue weighted by Gasteiger charge is 2.20. The Kier molecular flexibility index (Phi) is 4.90. The van der Waals surface area contributed by atoms with Gasteiger partial charge in [0.15, 0.2) is 0 Å². The molecular formula is C16H19BrN4O. The first-order valence-electron chi connectivity index (χ1n) is 7.47. The Morgan fingerprint density at radius 2 is 2.09 bits per heavy atom. The van der Waals surface area contributed by atoms with E-state index in [1.165, 1.54) is 12.8 Å². The zero-order valence-electron chi connectivity index (χ0n) is 12.3. The van der Waals surface area contributed by atoms with E-state index in [-0.39, 0.29) is 5.91 Å². The molecule has 116 valence electrons. The van der Waals surface area contributed by atoms with Crippen LogP contribution in [-0.4, -0.2) is 28.5 Å². The quantitative estimate of drug-likeness (QED) is 0.795. The molecule has 0 spiro atoms. The molecule has 1 aromatic carbocycles. The van der Waals surface area contributed by atoms with Gasteiger partial charge >= 0.3 is 0 Å². The number of aromatic nitrogens is 2. The smallest absolute Gasteiger partial charge is 0.240 e. The number of halogens is 1. The second-order valence-electron chi connectivity index (χ2n) is 5.63. The lowest BCUT2D eigenvalue weighted by Crippen LogP contribution is -2.30. The summed E-state index contributed by atoms with van der Waals surface area (Å²) in [5.74, 6) is 1.30. The number of anilines is 1. The van der Waals surface area contributed by atoms with Crippen molar-refractivity contribution in [1.29, 1.82) is 0 Å². The van der Waals surface area contributed by atoms with Gasteiger partial charge in [0.1, 0.15) is 0 Å². The normalized spacial score (nSPS) is 14.0. The molecule has 1 saturated carbocycles. The van der Waals surface area contributed by atoms with E-state index in [0.717, 1.165) is 22.5 Å². The number of rotatable bonds is 7. The predicted molar refractivity (Wildman–Crippen MR) is 89.7 cm³/mol. The van der Waals surface area contributed by atoms with E-state index in [1.54, 1.807) is 6.20 Å². The summed E-state index contributed by atoms with van der Waals surface area (Å²) < 4.78 is 2.99. The van der Waals surface area contributed by atoms with E-state index in [2.05, 4.69) is 31.5 Å². The molecule has 2 N–H and O–H groups in total. The molecule has 2 aromatic rings. The van der Waals surface area contributed by atoms with Crippen molar-refractivity contribution < 1.29 is 4.79 Å². The molecule has 1 heterocycles. The molecule has 1 aliphatic rings. The van der Waals surface area contributed by atoms with Crippen LogP contribution in [0.4, 0.5) is 5.95 Å². The predicted octanol–water partition coefficient (Wildman–Crippen LogP) is 2.63. The van der Waals surface area contributed by atoms with Crippen molar-refractivity contribution in [3.63, 3.8) is 0 Å². The van der Waals surface area contributed by atoms with Gasteiger partial charge in [-0.15, -0.1) is 0 Å². The van der Waals surface area contributed by atoms with E-state index < -0.39 is 0 Å². The Morgan fingerprint density at radius 3 is 2.82 bits per heavy atom. The molecule has 6 heteroatoms. The molecule has 0 aliphatic heterocycles. The van der Waals surface area contributed by atoms with Gasteiger partial charge in [0.2, 0.25) is 11.9 Å². The third-order valence-corrected chi connectivity index (χ3v) is 4.18. The van der Waals surface area contributed by atoms with Crippen molar-refractivity contribution in [2.24, 2.45) is 5.92 Å². The van der Waals surface area contributed by atoms with Gasteiger partial charge in [-0.05, 0) is 43.0 Å². The maximum absolute atomic E-state index is 11.9. The second-order valence-corrected chi connectivity index (χ2v) is 6.54. The van der Waals surface area contributed by atoms with Crippen LogP contribution in [-0.2, 0) is 11.3 Å². The fraction of sp³-hybridized carbons (Fsp3) is 0.375. The Labute approximate surface area is 138 Å². The third kappa shape index (κ3) is 4.42. The topological polar surface area (TPSA) is 59.0 Å². The highest BCUT2D eigenvalue weighted by atomic mass is 79.9. The van der Waals surface area contributed by atoms with Crippen LogP contribution in [0, 0.1) is 5.92 Å². The van der Waals surface area contributed by atoms with Gasteiger partial charge in [-0.3, -0.25) is 10.1 Å². The van der Waals surface area contributed by atoms with Gasteiger partial charge in [-0.1, -0.05) is 28.1 Å². The molecule has 0 atom stereocenters. The molecule has 0 radical (unpaired) electrons. The number of nitrogens with zero attached hydrogens (tertiary/aromatic N) is 2. The van der Waals surface area contributed by atoms with Crippen molar-refractivity contribution in [2.45, 2.75) is 19.4 Å². The first kappa shape index (κ1) is 15.2. The SMILES string of the molecule is O=C(CNCC1CC1)Nc1nccn1Cc1ccc(Br)cc1. The summed E-state index contributed by atoms with van der Waals surface area (Å²) in [6.45, 7) is 1.95. The Hall–Kier alpha value is -1.66. The lowest BCUT2D eigenvalue weighted by Gasteiger charge is -2.10. The first-order valence-corrected chi connectivity index (χ1v) is 8.26. The molecule has 1 amide bonds. The number of imidazole rings is 1. The Bertz CT molecular complexity index is 634. The Morgan fingerprint density at radius 1 is 1.32 bits per heavy atom. The molecule has 3 rings (SSSR count). The van der Waals surface area contributed by atoms with Gasteiger partial charge in [0, 0.05) is 16.9 Å². The molecule has 1 fully saturated rings. The number of benzene rings is 1. The van der Waals surface area contributed by atoms with E-state index in [0.29, 0.717) is 19.0 Å². The van der Waals surface area contributed by atoms with Crippen LogP contribution in [0.3, 0.4) is 0 Å². The summed E-state index contributed by atoms with van der Waals surface area (Å²) in [5.41, 5.74) is 1.16. The summed E-state index contributed by atoms with van der Waals surface area (Å²) in [4.78, 5) is 16.1. The number of amides is 1. The van der Waals surface area contributed by atoms with Crippen LogP contribution in [0.2, 0.25) is 0 Å². The van der Waals surface area contributed by atoms with Crippen molar-refractivity contribution >= 4 is 27.8 Å². The van der Waals surface area contributed by atoms with Gasteiger partial charge in [-0.25, -0.2) is 4.98 Å². The second kappa shape index (κ2) is 7.07. The van der Waals surface area contributed by atoms with Gasteiger partial charge in [-0.2, -0.15) is 0 Å². The number of hydrogen-bond acceptors (Lipinski definition) is 3. The first-order chi connectivity index (χ1) is 10.7. The van der Waals surface area contributed by atoms with Crippen LogP contribution < -0.4 is 10.6 Å². The fourth-order valence-corrected chi connectivity index (χ4v) is 2.49. The van der Waals surface area contributed by atoms with Crippen molar-refractivity contribution in [1.82, 2.24) is 14.9 Å². The molecule has 1 aliphatic carbocycles. The maximum Gasteiger partial charge on any atom is 0.240 e. The van der Waals surface area contributed by atoms with Gasteiger partial charge in [0.05, 0.1) is 13.1 Å². The molecule has 22 heavy (non-hydrogen) atoms. The average molecular weight is 363 g/mol. The Balaban J connectivity index is 1.54. The molecule has 0 bridgehead atoms. The molecule has 0 unspecified atom stereocenters. The highest BCUT2D eigenvalue weighted by Crippen LogP contribution is 2.27. The van der Waals surface area contributed by atoms with Crippen LogP contribution >= 0.6 is 15.9 Å². The maximum atomic E-state index is 11.9. The van der Waals surface area contributed by atoms with Crippen LogP contribution in [0.15, 0.2) is 41.1 Å². The molecular weight excluding hydrogens is 344 g/mol. The summed E-state index contributed by atoms with van der Waals surface area (Å²) in [7, 11) is 0. The van der Waals surface area contributed by atoms with Crippen molar-refractivity contribution in [2.75, 3.05) is 18.4 Å². The summed E-state index contributed by atoms with van der Waals surface area (Å²) in [5, 5.41) is 6.04. The number of carbonyl (C=O) groups is 1. The number of nitrogens with one attached hydrogen (secondary N) is 2. The van der Waals surface area contributed by atoms with Crippen molar-refractivity contribution in [3.05, 3.63) is 46.7 Å². The van der Waals surface area contributed by atoms with Gasteiger partial charge < -0.3 is 9.88 Å². The molecule has 0 saturated heterocycles. The van der Waals surface area contributed by atoms with E-state index in [9.17, 15) is 4.79 Å². The van der Waals surface area contributed by atoms with E-state index in [4.69, 9.17) is 0 Å². The number of carbonyl (C=O) groups excluding carboxylic acids is 1. The summed E-state index contributed by atoms with van der Waals surface area (Å²) in [6.07, 6.45) is 6.14. The highest BCUT2D eigenvalue weighted by molar-refractivity contribution is 9.10. The number of hydrogen-bond donors (Lipinski definition) is 2. The lowest BCUT2D eigenvalue weighted by atomic mass is 10.2. The third-order valence-electron chi connectivity index (χ3n) is 3.65. The lowest BCUT2D eigenvalue weighted by molar-refractivity contribution is -0.115. The zero-order valence-corrected chi connectivity index (χ0v) is 13.8. The van der Waals surface area contributed by atoms with Gasteiger partial charge in [0.25, 0.3) is 0 Å². The molecule has 5 nitrogen and oxygen atoms in total. The fourth-order valence-electron chi connectivity index (χ4n) is 2.23. The monoisotopic (exact) mass is 362 g/mol. The largest absolute Gasteiger partial charge is 0.313 e. The zero-order chi connectivity index (χ0) is 15.4. The summed E-state index contributed by atoms with van der Waals surface area (Å²) in [6, 6.07) is 8.11. The minimum absolute atomic E-state index is 0.0519. The van der Waals surface area contributed by atoms with E-state index >= 15 is 0 Å². The minimum atomic E-state index is -0.0519. The van der Waals surface area contributed by atoms with Crippen LogP contribution in [0.25, 0.3) is 0 Å². The standard InChI is InChI=1S/C16H19BrN4O/c17-14-5-3-13(4-6-14)11-21-8-7-19-16(21)20-15(22)10-18-9-12-1-2-12/h3-8,12,18H,1-2,9-11H2,(H,19,20,22). The van der Waals surface area contributed by atoms with E-state index in [1.807, 2.05) is 35.0 Å². The van der Waals surface area contributed by atoms with Crippen molar-refractivity contribution in [3.8, 4) is 0 Å². The molecule has 1 aromatic heterocycles.